The van der Waals surface area contributed by atoms with Crippen molar-refractivity contribution >= 4 is 11.7 Å². The summed E-state index contributed by atoms with van der Waals surface area (Å²) in [4.78, 5) is 23.4. The highest BCUT2D eigenvalue weighted by Gasteiger charge is 2.53. The predicted octanol–water partition coefficient (Wildman–Crippen LogP) is 5.75. The molecule has 2 aliphatic heterocycles. The predicted molar refractivity (Wildman–Crippen MR) is 129 cm³/mol. The van der Waals surface area contributed by atoms with Gasteiger partial charge in [-0.05, 0) is 48.0 Å². The minimum atomic E-state index is -1.17. The highest BCUT2D eigenvalue weighted by Crippen LogP contribution is 2.57. The van der Waals surface area contributed by atoms with E-state index >= 15 is 0 Å². The van der Waals surface area contributed by atoms with E-state index in [1.165, 1.54) is 12.1 Å². The Labute approximate surface area is 205 Å². The Morgan fingerprint density at radius 2 is 1.53 bits per heavy atom. The number of hydrogen-bond acceptors (Lipinski definition) is 7. The molecule has 2 aliphatic rings. The molecule has 6 rings (SSSR count). The summed E-state index contributed by atoms with van der Waals surface area (Å²) in [5, 5.41) is 10.9. The zero-order valence-electron chi connectivity index (χ0n) is 19.1. The Morgan fingerprint density at radius 1 is 0.861 bits per heavy atom. The fourth-order valence-corrected chi connectivity index (χ4v) is 4.73. The summed E-state index contributed by atoms with van der Waals surface area (Å²) >= 11 is 0. The van der Waals surface area contributed by atoms with Crippen LogP contribution in [0.2, 0.25) is 0 Å². The standard InChI is InChI=1S/C28H19NO7/c1-33-19-10-12-23-25(14-19)35-26-15-20(34-16-17-6-8-18(9-7-17)29(31)32)11-13-24(26)28(23)22-5-3-2-4-21(22)27(30)36-28/h2-15H,16H2,1H3. The number of nitro groups is 1. The smallest absolute Gasteiger partial charge is 0.340 e. The average Bonchev–Trinajstić information content (AvgIpc) is 3.20. The number of fused-ring (bicyclic) bond motifs is 6. The lowest BCUT2D eigenvalue weighted by Gasteiger charge is -2.36. The molecule has 0 fully saturated rings. The van der Waals surface area contributed by atoms with Gasteiger partial charge in [0.1, 0.15) is 29.6 Å². The summed E-state index contributed by atoms with van der Waals surface area (Å²) in [6, 6.07) is 24.3. The minimum absolute atomic E-state index is 0.0201. The molecule has 1 atom stereocenters. The van der Waals surface area contributed by atoms with E-state index in [1.807, 2.05) is 36.4 Å². The molecular formula is C28H19NO7. The van der Waals surface area contributed by atoms with Gasteiger partial charge in [-0.1, -0.05) is 18.2 Å². The van der Waals surface area contributed by atoms with E-state index in [0.29, 0.717) is 39.7 Å². The van der Waals surface area contributed by atoms with Crippen LogP contribution in [0.15, 0.2) is 84.9 Å². The van der Waals surface area contributed by atoms with Crippen molar-refractivity contribution < 1.29 is 28.7 Å². The molecule has 0 saturated heterocycles. The second-order valence-corrected chi connectivity index (χ2v) is 8.45. The molecule has 1 spiro atoms. The molecule has 36 heavy (non-hydrogen) atoms. The zero-order valence-corrected chi connectivity index (χ0v) is 19.1. The molecular weight excluding hydrogens is 462 g/mol. The number of rotatable bonds is 5. The molecule has 0 bridgehead atoms. The first-order chi connectivity index (χ1) is 17.5. The number of hydrogen-bond donors (Lipinski definition) is 0. The van der Waals surface area contributed by atoms with Crippen LogP contribution >= 0.6 is 0 Å². The van der Waals surface area contributed by atoms with E-state index in [0.717, 1.165) is 11.1 Å². The third-order valence-corrected chi connectivity index (χ3v) is 6.45. The summed E-state index contributed by atoms with van der Waals surface area (Å²) in [5.74, 6) is 1.74. The van der Waals surface area contributed by atoms with Crippen LogP contribution in [0, 0.1) is 10.1 Å². The molecule has 8 nitrogen and oxygen atoms in total. The lowest BCUT2D eigenvalue weighted by molar-refractivity contribution is -0.384. The van der Waals surface area contributed by atoms with Gasteiger partial charge >= 0.3 is 5.97 Å². The molecule has 4 aromatic carbocycles. The summed E-state index contributed by atoms with van der Waals surface area (Å²) < 4.78 is 23.7. The van der Waals surface area contributed by atoms with Crippen LogP contribution in [0.4, 0.5) is 5.69 Å². The van der Waals surface area contributed by atoms with Gasteiger partial charge in [0.05, 0.1) is 17.6 Å². The maximum atomic E-state index is 12.9. The van der Waals surface area contributed by atoms with E-state index in [-0.39, 0.29) is 12.3 Å². The van der Waals surface area contributed by atoms with E-state index in [2.05, 4.69) is 0 Å². The van der Waals surface area contributed by atoms with Crippen LogP contribution in [-0.2, 0) is 16.9 Å². The first-order valence-corrected chi connectivity index (χ1v) is 11.2. The van der Waals surface area contributed by atoms with Crippen molar-refractivity contribution in [3.8, 4) is 23.0 Å². The van der Waals surface area contributed by atoms with Crippen molar-refractivity contribution in [1.82, 2.24) is 0 Å². The van der Waals surface area contributed by atoms with Gasteiger partial charge in [0.2, 0.25) is 0 Å². The van der Waals surface area contributed by atoms with Crippen molar-refractivity contribution in [2.75, 3.05) is 7.11 Å². The fourth-order valence-electron chi connectivity index (χ4n) is 4.73. The summed E-state index contributed by atoms with van der Waals surface area (Å²) in [7, 11) is 1.57. The van der Waals surface area contributed by atoms with Gasteiger partial charge < -0.3 is 18.9 Å². The van der Waals surface area contributed by atoms with E-state index in [4.69, 9.17) is 18.9 Å². The maximum Gasteiger partial charge on any atom is 0.340 e. The fraction of sp³-hybridized carbons (Fsp3) is 0.107. The quantitative estimate of drug-likeness (QED) is 0.203. The van der Waals surface area contributed by atoms with Gasteiger partial charge in [-0.2, -0.15) is 0 Å². The molecule has 2 heterocycles. The summed E-state index contributed by atoms with van der Waals surface area (Å²) in [6.07, 6.45) is 0. The van der Waals surface area contributed by atoms with Gasteiger partial charge in [-0.15, -0.1) is 0 Å². The van der Waals surface area contributed by atoms with Crippen molar-refractivity contribution in [3.63, 3.8) is 0 Å². The second kappa shape index (κ2) is 8.13. The monoisotopic (exact) mass is 481 g/mol. The number of non-ortho nitro benzene ring substituents is 1. The molecule has 1 unspecified atom stereocenters. The Kier molecular flexibility index (Phi) is 4.89. The molecule has 178 valence electrons. The highest BCUT2D eigenvalue weighted by atomic mass is 16.6. The first kappa shape index (κ1) is 21.7. The van der Waals surface area contributed by atoms with E-state index in [9.17, 15) is 14.9 Å². The highest BCUT2D eigenvalue weighted by molar-refractivity contribution is 5.97. The van der Waals surface area contributed by atoms with Crippen LogP contribution < -0.4 is 14.2 Å². The first-order valence-electron chi connectivity index (χ1n) is 11.2. The zero-order chi connectivity index (χ0) is 24.9. The van der Waals surface area contributed by atoms with Gasteiger partial charge in [0.25, 0.3) is 5.69 Å². The second-order valence-electron chi connectivity index (χ2n) is 8.45. The lowest BCUT2D eigenvalue weighted by atomic mass is 9.77. The molecule has 0 aromatic heterocycles. The van der Waals surface area contributed by atoms with E-state index < -0.39 is 16.5 Å². The molecule has 8 heteroatoms. The average molecular weight is 481 g/mol. The number of nitrogens with zero attached hydrogens (tertiary/aromatic N) is 1. The summed E-state index contributed by atoms with van der Waals surface area (Å²) in [6.45, 7) is 0.212. The van der Waals surface area contributed by atoms with Crippen molar-refractivity contribution in [2.24, 2.45) is 0 Å². The SMILES string of the molecule is COc1ccc2c(c1)Oc1cc(OCc3ccc([N+](=O)[O-])cc3)ccc1C21OC(=O)c2ccccc21. The Morgan fingerprint density at radius 3 is 2.22 bits per heavy atom. The van der Waals surface area contributed by atoms with Crippen LogP contribution in [0.25, 0.3) is 0 Å². The van der Waals surface area contributed by atoms with Crippen molar-refractivity contribution in [3.05, 3.63) is 123 Å². The third-order valence-electron chi connectivity index (χ3n) is 6.45. The topological polar surface area (TPSA) is 97.1 Å². The number of esters is 1. The van der Waals surface area contributed by atoms with Gasteiger partial charge in [0, 0.05) is 41.0 Å². The van der Waals surface area contributed by atoms with Gasteiger partial charge in [0.15, 0.2) is 5.60 Å². The maximum absolute atomic E-state index is 12.9. The molecule has 0 aliphatic carbocycles. The van der Waals surface area contributed by atoms with Crippen LogP contribution in [-0.4, -0.2) is 18.0 Å². The largest absolute Gasteiger partial charge is 0.497 e. The number of carbonyl (C=O) groups excluding carboxylic acids is 1. The Bertz CT molecular complexity index is 1530. The Balaban J connectivity index is 1.41. The number of carbonyl (C=O) groups is 1. The number of methoxy groups -OCH3 is 1. The Hall–Kier alpha value is -4.85. The van der Waals surface area contributed by atoms with Crippen molar-refractivity contribution in [2.45, 2.75) is 12.2 Å². The molecule has 0 N–H and O–H groups in total. The molecule has 0 amide bonds. The van der Waals surface area contributed by atoms with Gasteiger partial charge in [-0.3, -0.25) is 10.1 Å². The summed E-state index contributed by atoms with van der Waals surface area (Å²) in [5.41, 5.74) is 2.27. The lowest BCUT2D eigenvalue weighted by Crippen LogP contribution is -2.33. The number of nitro benzene ring substituents is 1. The van der Waals surface area contributed by atoms with E-state index in [1.54, 1.807) is 43.5 Å². The minimum Gasteiger partial charge on any atom is -0.497 e. The molecule has 4 aromatic rings. The third kappa shape index (κ3) is 3.26. The normalized spacial score (nSPS) is 16.9. The molecule has 0 saturated carbocycles. The van der Waals surface area contributed by atoms with Crippen LogP contribution in [0.1, 0.15) is 32.6 Å². The van der Waals surface area contributed by atoms with Crippen LogP contribution in [0.5, 0.6) is 23.0 Å². The number of benzene rings is 4. The van der Waals surface area contributed by atoms with Crippen LogP contribution in [0.3, 0.4) is 0 Å². The number of ether oxygens (including phenoxy) is 4. The van der Waals surface area contributed by atoms with Crippen molar-refractivity contribution in [1.29, 1.82) is 0 Å². The van der Waals surface area contributed by atoms with Gasteiger partial charge in [-0.25, -0.2) is 4.79 Å². The molecule has 0 radical (unpaired) electrons.